The van der Waals surface area contributed by atoms with Gasteiger partial charge in [-0.05, 0) is 35.5 Å². The lowest BCUT2D eigenvalue weighted by molar-refractivity contribution is -0.504. The Bertz CT molecular complexity index is 811. The Morgan fingerprint density at radius 1 is 0.536 bits per heavy atom. The molecule has 2 saturated heterocycles. The molecule has 0 aromatic rings. The van der Waals surface area contributed by atoms with E-state index < -0.39 is 12.2 Å². The Balaban J connectivity index is 1.38. The molecule has 0 amide bonds. The Hall–Kier alpha value is -2.30. The monoisotopic (exact) mass is 374 g/mol. The molecule has 0 unspecified atom stereocenters. The van der Waals surface area contributed by atoms with Crippen LogP contribution in [-0.4, -0.2) is 59.0 Å². The van der Waals surface area contributed by atoms with Crippen LogP contribution in [0.3, 0.4) is 0 Å². The average Bonchev–Trinajstić information content (AvgIpc) is 3.44. The van der Waals surface area contributed by atoms with Crippen LogP contribution in [0.1, 0.15) is 25.7 Å². The molecule has 2 heterocycles. The van der Waals surface area contributed by atoms with Gasteiger partial charge < -0.3 is 10.2 Å². The first-order chi connectivity index (χ1) is 13.7. The van der Waals surface area contributed by atoms with E-state index in [1.165, 1.54) is 37.1 Å². The molecule has 0 spiro atoms. The first-order valence-electron chi connectivity index (χ1n) is 10.5. The molecule has 1 saturated carbocycles. The summed E-state index contributed by atoms with van der Waals surface area (Å²) < 4.78 is 4.72. The number of allylic oxidation sites excluding steroid dienone is 10. The second-order valence-electron chi connectivity index (χ2n) is 8.15. The van der Waals surface area contributed by atoms with Gasteiger partial charge in [-0.25, -0.2) is 9.15 Å². The predicted octanol–water partition coefficient (Wildman–Crippen LogP) is 0.798. The maximum Gasteiger partial charge on any atom is 0.199 e. The molecule has 0 aromatic carbocycles. The van der Waals surface area contributed by atoms with E-state index in [2.05, 4.69) is 33.5 Å². The lowest BCUT2D eigenvalue weighted by Crippen LogP contribution is -2.56. The number of nitrogens with zero attached hydrogens (tertiary/aromatic N) is 2. The molecule has 3 aliphatic carbocycles. The van der Waals surface area contributed by atoms with Crippen molar-refractivity contribution in [2.24, 2.45) is 0 Å². The highest BCUT2D eigenvalue weighted by Gasteiger charge is 2.30. The van der Waals surface area contributed by atoms with E-state index in [1.54, 1.807) is 0 Å². The summed E-state index contributed by atoms with van der Waals surface area (Å²) in [6.45, 7) is 4.37. The zero-order chi connectivity index (χ0) is 19.1. The molecule has 144 valence electrons. The summed E-state index contributed by atoms with van der Waals surface area (Å²) in [4.78, 5) is 0. The third-order valence-corrected chi connectivity index (χ3v) is 6.47. The summed E-state index contributed by atoms with van der Waals surface area (Å²) in [5, 5.41) is 25.7. The fourth-order valence-electron chi connectivity index (χ4n) is 4.80. The largest absolute Gasteiger partial charge is 0.846 e. The van der Waals surface area contributed by atoms with Gasteiger partial charge in [0.2, 0.25) is 0 Å². The molecule has 2 aliphatic heterocycles. The second kappa shape index (κ2) is 7.26. The Labute approximate surface area is 166 Å². The van der Waals surface area contributed by atoms with E-state index >= 15 is 0 Å². The second-order valence-corrected chi connectivity index (χ2v) is 8.15. The zero-order valence-electron chi connectivity index (χ0n) is 16.1. The van der Waals surface area contributed by atoms with Crippen molar-refractivity contribution in [2.75, 3.05) is 26.2 Å². The van der Waals surface area contributed by atoms with Crippen LogP contribution in [0, 0.1) is 0 Å². The minimum absolute atomic E-state index is 0.492. The van der Waals surface area contributed by atoms with Crippen molar-refractivity contribution >= 4 is 11.4 Å². The lowest BCUT2D eigenvalue weighted by atomic mass is 9.73. The lowest BCUT2D eigenvalue weighted by Gasteiger charge is -2.54. The van der Waals surface area contributed by atoms with Crippen LogP contribution in [-0.2, 0) is 0 Å². The van der Waals surface area contributed by atoms with Crippen LogP contribution < -0.4 is 10.2 Å². The van der Waals surface area contributed by atoms with E-state index in [4.69, 9.17) is 0 Å². The minimum Gasteiger partial charge on any atom is -0.846 e. The molecule has 0 N–H and O–H groups in total. The van der Waals surface area contributed by atoms with Crippen LogP contribution in [0.25, 0.3) is 0 Å². The molecular formula is C24H26N2O2. The summed E-state index contributed by atoms with van der Waals surface area (Å²) in [7, 11) is 0. The van der Waals surface area contributed by atoms with Gasteiger partial charge in [-0.3, -0.25) is 0 Å². The Morgan fingerprint density at radius 3 is 1.18 bits per heavy atom. The average molecular weight is 374 g/mol. The van der Waals surface area contributed by atoms with Gasteiger partial charge in [0.05, 0.1) is 0 Å². The summed E-state index contributed by atoms with van der Waals surface area (Å²) in [5.41, 5.74) is 4.97. The molecule has 0 bridgehead atoms. The van der Waals surface area contributed by atoms with Gasteiger partial charge in [-0.1, -0.05) is 23.4 Å². The third kappa shape index (κ3) is 3.01. The molecule has 5 rings (SSSR count). The molecule has 0 atom stereocenters. The van der Waals surface area contributed by atoms with Gasteiger partial charge in [-0.15, -0.1) is 0 Å². The van der Waals surface area contributed by atoms with Crippen molar-refractivity contribution < 1.29 is 19.4 Å². The molecule has 3 fully saturated rings. The van der Waals surface area contributed by atoms with Crippen molar-refractivity contribution in [3.8, 4) is 0 Å². The van der Waals surface area contributed by atoms with E-state index in [9.17, 15) is 10.2 Å². The molecule has 0 radical (unpaired) electrons. The van der Waals surface area contributed by atoms with E-state index in [0.717, 1.165) is 37.3 Å². The number of rotatable bonds is 0. The van der Waals surface area contributed by atoms with Gasteiger partial charge in [0.25, 0.3) is 0 Å². The molecule has 0 aromatic heterocycles. The zero-order valence-corrected chi connectivity index (χ0v) is 16.1. The van der Waals surface area contributed by atoms with E-state index in [0.29, 0.717) is 11.1 Å². The van der Waals surface area contributed by atoms with Gasteiger partial charge in [0, 0.05) is 50.0 Å². The molecule has 4 nitrogen and oxygen atoms in total. The van der Waals surface area contributed by atoms with Gasteiger partial charge in [-0.2, -0.15) is 0 Å². The SMILES string of the molecule is [O-]C1C(=C2C=CC(=[N+]3CCCC3)C=C2)C([O-])C1=C1C=CC(=[N+]2CCCC2)C=C1. The maximum absolute atomic E-state index is 12.8. The standard InChI is InChI=1S/C24H26N2O2/c27-23-21(17-5-9-19(10-6-17)25-13-1-2-14-25)24(28)22(23)18-7-11-20(12-8-18)26-15-3-4-16-26/h5-12,23-24H,1-4,13-16H2. The Kier molecular flexibility index (Phi) is 4.61. The van der Waals surface area contributed by atoms with E-state index in [1.807, 2.05) is 24.3 Å². The molecule has 5 aliphatic rings. The number of hydrogen-bond acceptors (Lipinski definition) is 2. The highest BCUT2D eigenvalue weighted by Crippen LogP contribution is 2.37. The summed E-state index contributed by atoms with van der Waals surface area (Å²) in [6.07, 6.45) is 18.9. The van der Waals surface area contributed by atoms with Crippen molar-refractivity contribution in [3.05, 3.63) is 70.9 Å². The highest BCUT2D eigenvalue weighted by atomic mass is 16.3. The van der Waals surface area contributed by atoms with E-state index in [-0.39, 0.29) is 0 Å². The van der Waals surface area contributed by atoms with Crippen LogP contribution >= 0.6 is 0 Å². The van der Waals surface area contributed by atoms with Gasteiger partial charge >= 0.3 is 0 Å². The first kappa shape index (κ1) is 17.8. The number of hydrogen-bond donors (Lipinski definition) is 0. The van der Waals surface area contributed by atoms with Crippen LogP contribution in [0.5, 0.6) is 0 Å². The summed E-state index contributed by atoms with van der Waals surface area (Å²) in [6, 6.07) is 0. The Morgan fingerprint density at radius 2 is 0.857 bits per heavy atom. The summed E-state index contributed by atoms with van der Waals surface area (Å²) >= 11 is 0. The van der Waals surface area contributed by atoms with Crippen LogP contribution in [0.2, 0.25) is 0 Å². The predicted molar refractivity (Wildman–Crippen MR) is 107 cm³/mol. The van der Waals surface area contributed by atoms with Crippen LogP contribution in [0.4, 0.5) is 0 Å². The third-order valence-electron chi connectivity index (χ3n) is 6.47. The smallest absolute Gasteiger partial charge is 0.199 e. The molecule has 28 heavy (non-hydrogen) atoms. The first-order valence-corrected chi connectivity index (χ1v) is 10.5. The van der Waals surface area contributed by atoms with Crippen molar-refractivity contribution in [1.82, 2.24) is 0 Å². The van der Waals surface area contributed by atoms with Crippen molar-refractivity contribution in [2.45, 2.75) is 37.9 Å². The maximum atomic E-state index is 12.8. The van der Waals surface area contributed by atoms with Crippen molar-refractivity contribution in [3.63, 3.8) is 0 Å². The highest BCUT2D eigenvalue weighted by molar-refractivity contribution is 6.03. The molecule has 4 heteroatoms. The fourth-order valence-corrected chi connectivity index (χ4v) is 4.80. The minimum atomic E-state index is -1.02. The quantitative estimate of drug-likeness (QED) is 0.589. The van der Waals surface area contributed by atoms with Crippen molar-refractivity contribution in [1.29, 1.82) is 0 Å². The van der Waals surface area contributed by atoms with Gasteiger partial charge in [0.15, 0.2) is 11.4 Å². The topological polar surface area (TPSA) is 52.1 Å². The summed E-state index contributed by atoms with van der Waals surface area (Å²) in [5.74, 6) is 0. The molecular weight excluding hydrogens is 348 g/mol. The normalized spacial score (nSPS) is 29.6. The van der Waals surface area contributed by atoms with Gasteiger partial charge in [0.1, 0.15) is 26.2 Å². The fraction of sp³-hybridized carbons (Fsp3) is 0.417. The van der Waals surface area contributed by atoms with Crippen LogP contribution in [0.15, 0.2) is 70.9 Å².